The maximum Gasteiger partial charge on any atom is 0.308 e. The lowest BCUT2D eigenvalue weighted by Gasteiger charge is -2.16. The molecule has 0 aromatic rings. The Labute approximate surface area is 95.6 Å². The predicted octanol–water partition coefficient (Wildman–Crippen LogP) is 0.295. The molecule has 1 aliphatic heterocycles. The first-order valence-electron chi connectivity index (χ1n) is 5.75. The summed E-state index contributed by atoms with van der Waals surface area (Å²) < 4.78 is 0. The molecule has 0 spiro atoms. The Hall–Kier alpha value is -1.10. The number of rotatable bonds is 5. The second kappa shape index (κ2) is 5.84. The predicted molar refractivity (Wildman–Crippen MR) is 59.8 cm³/mol. The Morgan fingerprint density at radius 1 is 1.56 bits per heavy atom. The molecule has 1 saturated heterocycles. The number of hydrogen-bond donors (Lipinski definition) is 2. The zero-order valence-corrected chi connectivity index (χ0v) is 9.69. The van der Waals surface area contributed by atoms with Crippen LogP contribution in [0.1, 0.15) is 26.2 Å². The number of nitrogens with two attached hydrogens (primary N) is 1. The van der Waals surface area contributed by atoms with E-state index >= 15 is 0 Å². The molecule has 2 unspecified atom stereocenters. The third-order valence-corrected chi connectivity index (χ3v) is 3.14. The van der Waals surface area contributed by atoms with E-state index in [-0.39, 0.29) is 11.8 Å². The Kier molecular flexibility index (Phi) is 4.73. The van der Waals surface area contributed by atoms with Crippen molar-refractivity contribution in [2.24, 2.45) is 17.6 Å². The van der Waals surface area contributed by atoms with E-state index in [4.69, 9.17) is 10.8 Å². The van der Waals surface area contributed by atoms with Crippen LogP contribution >= 0.6 is 0 Å². The van der Waals surface area contributed by atoms with Gasteiger partial charge in [0.05, 0.1) is 5.92 Å². The van der Waals surface area contributed by atoms with Crippen molar-refractivity contribution in [2.75, 3.05) is 19.6 Å². The highest BCUT2D eigenvalue weighted by Gasteiger charge is 2.30. The fourth-order valence-electron chi connectivity index (χ4n) is 1.83. The van der Waals surface area contributed by atoms with E-state index < -0.39 is 5.97 Å². The third kappa shape index (κ3) is 3.48. The lowest BCUT2D eigenvalue weighted by molar-refractivity contribution is -0.141. The number of carboxylic acid groups (broad SMARTS) is 1. The molecule has 3 N–H and O–H groups in total. The maximum atomic E-state index is 11.7. The molecular weight excluding hydrogens is 208 g/mol. The van der Waals surface area contributed by atoms with Gasteiger partial charge >= 0.3 is 5.97 Å². The molecule has 1 heterocycles. The van der Waals surface area contributed by atoms with Gasteiger partial charge in [-0.05, 0) is 25.3 Å². The molecule has 0 aromatic carbocycles. The van der Waals surface area contributed by atoms with Crippen LogP contribution in [0.2, 0.25) is 0 Å². The van der Waals surface area contributed by atoms with E-state index in [1.165, 1.54) is 0 Å². The molecule has 92 valence electrons. The summed E-state index contributed by atoms with van der Waals surface area (Å²) in [4.78, 5) is 24.1. The van der Waals surface area contributed by atoms with Crippen LogP contribution in [-0.2, 0) is 9.59 Å². The zero-order chi connectivity index (χ0) is 12.1. The van der Waals surface area contributed by atoms with Crippen LogP contribution in [0, 0.1) is 11.8 Å². The molecule has 0 saturated carbocycles. The highest BCUT2D eigenvalue weighted by molar-refractivity contribution is 5.78. The van der Waals surface area contributed by atoms with Crippen LogP contribution in [0.15, 0.2) is 0 Å². The van der Waals surface area contributed by atoms with Crippen LogP contribution in [0.25, 0.3) is 0 Å². The first-order chi connectivity index (χ1) is 7.54. The molecule has 0 aliphatic carbocycles. The van der Waals surface area contributed by atoms with Gasteiger partial charge in [-0.25, -0.2) is 0 Å². The highest BCUT2D eigenvalue weighted by atomic mass is 16.4. The van der Waals surface area contributed by atoms with Gasteiger partial charge in [0.15, 0.2) is 0 Å². The van der Waals surface area contributed by atoms with Gasteiger partial charge in [-0.3, -0.25) is 9.59 Å². The van der Waals surface area contributed by atoms with Crippen LogP contribution in [-0.4, -0.2) is 41.5 Å². The average Bonchev–Trinajstić information content (AvgIpc) is 2.74. The lowest BCUT2D eigenvalue weighted by atomic mass is 10.1. The van der Waals surface area contributed by atoms with Crippen LogP contribution in [0.3, 0.4) is 0 Å². The molecule has 1 amide bonds. The quantitative estimate of drug-likeness (QED) is 0.708. The van der Waals surface area contributed by atoms with Crippen molar-refractivity contribution in [1.82, 2.24) is 4.90 Å². The summed E-state index contributed by atoms with van der Waals surface area (Å²) in [6, 6.07) is 0. The summed E-state index contributed by atoms with van der Waals surface area (Å²) in [5.41, 5.74) is 5.47. The molecule has 2 atom stereocenters. The number of hydrogen-bond acceptors (Lipinski definition) is 3. The highest BCUT2D eigenvalue weighted by Crippen LogP contribution is 2.18. The number of carbonyl (C=O) groups is 2. The SMILES string of the molecule is CC(CN)CCC(=O)N1CCC(C(=O)O)C1. The largest absolute Gasteiger partial charge is 0.481 e. The molecule has 5 nitrogen and oxygen atoms in total. The molecular formula is C11H20N2O3. The Morgan fingerprint density at radius 2 is 2.25 bits per heavy atom. The van der Waals surface area contributed by atoms with Gasteiger partial charge in [-0.1, -0.05) is 6.92 Å². The minimum absolute atomic E-state index is 0.0593. The standard InChI is InChI=1S/C11H20N2O3/c1-8(6-12)2-3-10(14)13-5-4-9(7-13)11(15)16/h8-9H,2-7,12H2,1H3,(H,15,16). The van der Waals surface area contributed by atoms with Crippen molar-refractivity contribution < 1.29 is 14.7 Å². The van der Waals surface area contributed by atoms with Crippen LogP contribution < -0.4 is 5.73 Å². The summed E-state index contributed by atoms with van der Waals surface area (Å²) in [6.45, 7) is 3.54. The minimum atomic E-state index is -0.800. The number of carboxylic acids is 1. The smallest absolute Gasteiger partial charge is 0.308 e. The first-order valence-corrected chi connectivity index (χ1v) is 5.75. The normalized spacial score (nSPS) is 22.1. The van der Waals surface area contributed by atoms with E-state index in [0.29, 0.717) is 38.4 Å². The summed E-state index contributed by atoms with van der Waals surface area (Å²) in [5, 5.41) is 8.81. The van der Waals surface area contributed by atoms with Gasteiger partial charge in [-0.2, -0.15) is 0 Å². The van der Waals surface area contributed by atoms with Crippen molar-refractivity contribution in [3.05, 3.63) is 0 Å². The summed E-state index contributed by atoms with van der Waals surface area (Å²) >= 11 is 0. The Morgan fingerprint density at radius 3 is 2.75 bits per heavy atom. The Balaban J connectivity index is 2.31. The van der Waals surface area contributed by atoms with Gasteiger partial charge in [0.25, 0.3) is 0 Å². The van der Waals surface area contributed by atoms with E-state index in [9.17, 15) is 9.59 Å². The summed E-state index contributed by atoms with van der Waals surface area (Å²) in [7, 11) is 0. The second-order valence-corrected chi connectivity index (χ2v) is 4.54. The molecule has 5 heteroatoms. The molecule has 1 aliphatic rings. The number of aliphatic carboxylic acids is 1. The number of carbonyl (C=O) groups excluding carboxylic acids is 1. The van der Waals surface area contributed by atoms with Gasteiger partial charge in [0, 0.05) is 19.5 Å². The van der Waals surface area contributed by atoms with Crippen LogP contribution in [0.4, 0.5) is 0 Å². The van der Waals surface area contributed by atoms with Crippen molar-refractivity contribution in [3.8, 4) is 0 Å². The van der Waals surface area contributed by atoms with Crippen molar-refractivity contribution >= 4 is 11.9 Å². The molecule has 0 radical (unpaired) electrons. The van der Waals surface area contributed by atoms with E-state index in [1.807, 2.05) is 6.92 Å². The molecule has 16 heavy (non-hydrogen) atoms. The fraction of sp³-hybridized carbons (Fsp3) is 0.818. The topological polar surface area (TPSA) is 83.6 Å². The summed E-state index contributed by atoms with van der Waals surface area (Å²) in [5.74, 6) is -0.771. The second-order valence-electron chi connectivity index (χ2n) is 4.54. The van der Waals surface area contributed by atoms with Gasteiger partial charge < -0.3 is 15.7 Å². The number of amides is 1. The lowest BCUT2D eigenvalue weighted by Crippen LogP contribution is -2.30. The molecule has 1 fully saturated rings. The van der Waals surface area contributed by atoms with E-state index in [0.717, 1.165) is 6.42 Å². The zero-order valence-electron chi connectivity index (χ0n) is 9.69. The Bertz CT molecular complexity index is 268. The molecule has 1 rings (SSSR count). The van der Waals surface area contributed by atoms with Gasteiger partial charge in [0.2, 0.25) is 5.91 Å². The van der Waals surface area contributed by atoms with Gasteiger partial charge in [0.1, 0.15) is 0 Å². The third-order valence-electron chi connectivity index (χ3n) is 3.14. The van der Waals surface area contributed by atoms with Crippen molar-refractivity contribution in [1.29, 1.82) is 0 Å². The first kappa shape index (κ1) is 13.0. The van der Waals surface area contributed by atoms with Crippen molar-refractivity contribution in [3.63, 3.8) is 0 Å². The van der Waals surface area contributed by atoms with E-state index in [2.05, 4.69) is 0 Å². The van der Waals surface area contributed by atoms with E-state index in [1.54, 1.807) is 4.90 Å². The fourth-order valence-corrected chi connectivity index (χ4v) is 1.83. The molecule has 0 bridgehead atoms. The maximum absolute atomic E-state index is 11.7. The van der Waals surface area contributed by atoms with Gasteiger partial charge in [-0.15, -0.1) is 0 Å². The monoisotopic (exact) mass is 228 g/mol. The molecule has 0 aromatic heterocycles. The minimum Gasteiger partial charge on any atom is -0.481 e. The average molecular weight is 228 g/mol. The number of nitrogens with zero attached hydrogens (tertiary/aromatic N) is 1. The van der Waals surface area contributed by atoms with Crippen LogP contribution in [0.5, 0.6) is 0 Å². The summed E-state index contributed by atoms with van der Waals surface area (Å²) in [6.07, 6.45) is 1.84. The number of likely N-dealkylation sites (tertiary alicyclic amines) is 1. The van der Waals surface area contributed by atoms with Crippen molar-refractivity contribution in [2.45, 2.75) is 26.2 Å².